The Morgan fingerprint density at radius 1 is 1.13 bits per heavy atom. The minimum Gasteiger partial charge on any atom is -0.497 e. The Labute approximate surface area is 183 Å². The molecule has 0 saturated carbocycles. The molecule has 0 radical (unpaired) electrons. The number of aliphatic imine (C=N–C) groups is 1. The van der Waals surface area contributed by atoms with Crippen molar-refractivity contribution in [2.24, 2.45) is 10.4 Å². The minimum absolute atomic E-state index is 0.00848. The van der Waals surface area contributed by atoms with Crippen molar-refractivity contribution in [3.63, 3.8) is 0 Å². The third kappa shape index (κ3) is 7.04. The number of fused-ring (bicyclic) bond motifs is 1. The molecule has 0 N–H and O–H groups in total. The molecule has 7 heteroatoms. The van der Waals surface area contributed by atoms with Gasteiger partial charge in [0.2, 0.25) is 0 Å². The lowest BCUT2D eigenvalue weighted by Crippen LogP contribution is -2.46. The van der Waals surface area contributed by atoms with Crippen LogP contribution < -0.4 is 4.74 Å². The number of sulfonamides is 1. The molecule has 3 rings (SSSR count). The molecule has 0 spiro atoms. The van der Waals surface area contributed by atoms with Gasteiger partial charge in [0.05, 0.1) is 18.8 Å². The van der Waals surface area contributed by atoms with Gasteiger partial charge in [0.25, 0.3) is 10.0 Å². The third-order valence-corrected chi connectivity index (χ3v) is 6.13. The van der Waals surface area contributed by atoms with Gasteiger partial charge in [-0.1, -0.05) is 67.0 Å². The first-order valence-electron chi connectivity index (χ1n) is 10.7. The van der Waals surface area contributed by atoms with E-state index >= 15 is 0 Å². The smallest absolute Gasteiger partial charge is 0.258 e. The van der Waals surface area contributed by atoms with Crippen molar-refractivity contribution in [1.29, 1.82) is 0 Å². The predicted molar refractivity (Wildman–Crippen MR) is 126 cm³/mol. The maximum absolute atomic E-state index is 12.6. The molecule has 30 heavy (non-hydrogen) atoms. The number of hydrogen-bond donors (Lipinski definition) is 0. The van der Waals surface area contributed by atoms with Crippen LogP contribution in [0.15, 0.2) is 41.2 Å². The fourth-order valence-corrected chi connectivity index (χ4v) is 4.41. The molecule has 2 aliphatic heterocycles. The van der Waals surface area contributed by atoms with E-state index in [0.717, 1.165) is 17.0 Å². The maximum atomic E-state index is 12.6. The molecule has 1 aromatic carbocycles. The number of nitrogens with zero attached hydrogens (tertiary/aromatic N) is 3. The zero-order valence-corrected chi connectivity index (χ0v) is 20.7. The first-order valence-corrected chi connectivity index (χ1v) is 12.3. The van der Waals surface area contributed by atoms with Gasteiger partial charge in [-0.2, -0.15) is 0 Å². The highest BCUT2D eigenvalue weighted by molar-refractivity contribution is 7.89. The van der Waals surface area contributed by atoms with E-state index in [2.05, 4.69) is 39.6 Å². The van der Waals surface area contributed by atoms with Crippen LogP contribution in [0.3, 0.4) is 0 Å². The molecule has 1 atom stereocenters. The second kappa shape index (κ2) is 11.4. The van der Waals surface area contributed by atoms with Crippen LogP contribution in [0, 0.1) is 5.41 Å². The van der Waals surface area contributed by atoms with Gasteiger partial charge >= 0.3 is 0 Å². The third-order valence-electron chi connectivity index (χ3n) is 4.54. The van der Waals surface area contributed by atoms with Crippen molar-refractivity contribution in [2.45, 2.75) is 73.9 Å². The summed E-state index contributed by atoms with van der Waals surface area (Å²) in [5, 5.41) is 0. The van der Waals surface area contributed by atoms with Gasteiger partial charge in [0.1, 0.15) is 18.0 Å². The van der Waals surface area contributed by atoms with E-state index in [-0.39, 0.29) is 17.3 Å². The van der Waals surface area contributed by atoms with E-state index in [0.29, 0.717) is 13.0 Å². The van der Waals surface area contributed by atoms with E-state index in [4.69, 9.17) is 4.74 Å². The summed E-state index contributed by atoms with van der Waals surface area (Å²) in [6, 6.07) is 7.76. The molecular weight excluding hydrogens is 398 g/mol. The molecule has 170 valence electrons. The largest absolute Gasteiger partial charge is 0.497 e. The fourth-order valence-electron chi connectivity index (χ4n) is 3.02. The second-order valence-electron chi connectivity index (χ2n) is 8.31. The van der Waals surface area contributed by atoms with Crippen LogP contribution >= 0.6 is 0 Å². The number of hydrogen-bond acceptors (Lipinski definition) is 5. The minimum atomic E-state index is -3.42. The van der Waals surface area contributed by atoms with Crippen molar-refractivity contribution in [2.75, 3.05) is 13.0 Å². The van der Waals surface area contributed by atoms with Crippen LogP contribution in [-0.2, 0) is 16.6 Å². The highest BCUT2D eigenvalue weighted by atomic mass is 32.2. The summed E-state index contributed by atoms with van der Waals surface area (Å²) in [4.78, 5) is 6.31. The maximum Gasteiger partial charge on any atom is 0.258 e. The van der Waals surface area contributed by atoms with Crippen LogP contribution in [0.25, 0.3) is 0 Å². The quantitative estimate of drug-likeness (QED) is 0.649. The summed E-state index contributed by atoms with van der Waals surface area (Å²) in [6.45, 7) is 15.2. The van der Waals surface area contributed by atoms with E-state index < -0.39 is 10.0 Å². The standard InChI is InChI=1S/C18H25N3O3S.C3H8.C2H6/c1-18(2,3)17-9-15-11-20(13-25(22,23)21(15)12-19-17)10-14-5-7-16(24-4)8-6-14;1-3-2;1-2/h5-8,11-12,17H,9-10,13H2,1-4H3;3H2,1-2H3;1-2H3. The molecule has 1 aromatic rings. The highest BCUT2D eigenvalue weighted by Gasteiger charge is 2.37. The summed E-state index contributed by atoms with van der Waals surface area (Å²) in [5.74, 6) is 0.741. The molecule has 0 amide bonds. The van der Waals surface area contributed by atoms with Crippen LogP contribution in [0.4, 0.5) is 0 Å². The van der Waals surface area contributed by atoms with Gasteiger partial charge in [-0.05, 0) is 23.1 Å². The van der Waals surface area contributed by atoms with Crippen LogP contribution in [0.5, 0.6) is 5.75 Å². The lowest BCUT2D eigenvalue weighted by atomic mass is 9.84. The van der Waals surface area contributed by atoms with E-state index in [1.807, 2.05) is 49.2 Å². The molecule has 0 saturated heterocycles. The molecule has 0 aromatic heterocycles. The topological polar surface area (TPSA) is 62.2 Å². The van der Waals surface area contributed by atoms with Crippen molar-refractivity contribution in [3.8, 4) is 5.75 Å². The average Bonchev–Trinajstić information content (AvgIpc) is 2.69. The van der Waals surface area contributed by atoms with Crippen LogP contribution in [0.2, 0.25) is 0 Å². The molecule has 2 aliphatic rings. The van der Waals surface area contributed by atoms with Gasteiger partial charge in [0, 0.05) is 19.2 Å². The molecule has 6 nitrogen and oxygen atoms in total. The SMILES string of the molecule is CC.CCC.COc1ccc(CN2C=C3CC(C(C)(C)C)N=CN3S(=O)(=O)C2)cc1. The Morgan fingerprint density at radius 3 is 2.20 bits per heavy atom. The molecule has 2 heterocycles. The number of ether oxygens (including phenoxy) is 1. The lowest BCUT2D eigenvalue weighted by molar-refractivity contribution is 0.295. The van der Waals surface area contributed by atoms with Crippen molar-refractivity contribution in [1.82, 2.24) is 9.21 Å². The Morgan fingerprint density at radius 2 is 1.70 bits per heavy atom. The van der Waals surface area contributed by atoms with Gasteiger partial charge < -0.3 is 9.64 Å². The first kappa shape index (κ1) is 26.0. The van der Waals surface area contributed by atoms with Gasteiger partial charge in [-0.3, -0.25) is 4.99 Å². The van der Waals surface area contributed by atoms with Gasteiger partial charge in [-0.15, -0.1) is 0 Å². The molecule has 0 bridgehead atoms. The zero-order valence-electron chi connectivity index (χ0n) is 19.8. The summed E-state index contributed by atoms with van der Waals surface area (Å²) >= 11 is 0. The molecule has 0 fully saturated rings. The fraction of sp³-hybridized carbons (Fsp3) is 0.609. The van der Waals surface area contributed by atoms with Crippen LogP contribution in [-0.4, -0.2) is 43.0 Å². The average molecular weight is 438 g/mol. The molecule has 1 unspecified atom stereocenters. The van der Waals surface area contributed by atoms with Crippen molar-refractivity contribution >= 4 is 16.4 Å². The zero-order chi connectivity index (χ0) is 22.9. The number of benzene rings is 1. The summed E-state index contributed by atoms with van der Waals surface area (Å²) in [7, 11) is -1.79. The summed E-state index contributed by atoms with van der Waals surface area (Å²) < 4.78 is 31.7. The first-order chi connectivity index (χ1) is 14.1. The monoisotopic (exact) mass is 437 g/mol. The Hall–Kier alpha value is -2.02. The van der Waals surface area contributed by atoms with Crippen LogP contribution in [0.1, 0.15) is 66.9 Å². The van der Waals surface area contributed by atoms with Gasteiger partial charge in [-0.25, -0.2) is 12.7 Å². The second-order valence-corrected chi connectivity index (χ2v) is 10.1. The molecule has 0 aliphatic carbocycles. The molecular formula is C23H39N3O3S. The van der Waals surface area contributed by atoms with E-state index in [9.17, 15) is 8.42 Å². The van der Waals surface area contributed by atoms with E-state index in [1.165, 1.54) is 17.1 Å². The highest BCUT2D eigenvalue weighted by Crippen LogP contribution is 2.34. The van der Waals surface area contributed by atoms with Crippen molar-refractivity contribution in [3.05, 3.63) is 41.7 Å². The number of rotatable bonds is 3. The summed E-state index contributed by atoms with van der Waals surface area (Å²) in [5.41, 5.74) is 1.82. The lowest BCUT2D eigenvalue weighted by Gasteiger charge is -2.39. The van der Waals surface area contributed by atoms with Gasteiger partial charge in [0.15, 0.2) is 0 Å². The van der Waals surface area contributed by atoms with Crippen molar-refractivity contribution < 1.29 is 13.2 Å². The predicted octanol–water partition coefficient (Wildman–Crippen LogP) is 5.23. The Kier molecular flexibility index (Phi) is 9.88. The normalized spacial score (nSPS) is 19.5. The number of methoxy groups -OCH3 is 1. The summed E-state index contributed by atoms with van der Waals surface area (Å²) in [6.07, 6.45) is 5.30. The Balaban J connectivity index is 0.000000826. The Bertz CT molecular complexity index is 809. The van der Waals surface area contributed by atoms with E-state index in [1.54, 1.807) is 7.11 Å².